The smallest absolute Gasteiger partial charge is 0.342 e. The van der Waals surface area contributed by atoms with Gasteiger partial charge in [0.2, 0.25) is 0 Å². The highest BCUT2D eigenvalue weighted by Crippen LogP contribution is 2.60. The predicted molar refractivity (Wildman–Crippen MR) is 145 cm³/mol. The molecule has 0 radical (unpaired) electrons. The first-order valence-corrected chi connectivity index (χ1v) is 13.7. The highest BCUT2D eigenvalue weighted by Gasteiger charge is 2.51. The molecule has 4 heterocycles. The van der Waals surface area contributed by atoms with E-state index >= 15 is 0 Å². The van der Waals surface area contributed by atoms with Crippen LogP contribution in [0.1, 0.15) is 60.1 Å². The quantitative estimate of drug-likeness (QED) is 0.358. The minimum Gasteiger partial charge on any atom is -0.465 e. The molecule has 4 bridgehead atoms. The van der Waals surface area contributed by atoms with Crippen molar-refractivity contribution in [3.8, 4) is 22.5 Å². The summed E-state index contributed by atoms with van der Waals surface area (Å²) in [6.45, 7) is 5.03. The second kappa shape index (κ2) is 8.41. The largest absolute Gasteiger partial charge is 0.465 e. The number of esters is 1. The maximum Gasteiger partial charge on any atom is 0.342 e. The average molecular weight is 511 g/mol. The van der Waals surface area contributed by atoms with Gasteiger partial charge >= 0.3 is 5.97 Å². The van der Waals surface area contributed by atoms with Crippen molar-refractivity contribution in [3.05, 3.63) is 53.7 Å². The molecule has 0 amide bonds. The van der Waals surface area contributed by atoms with Crippen molar-refractivity contribution in [1.29, 1.82) is 0 Å². The number of nitrogens with zero attached hydrogens (tertiary/aromatic N) is 5. The fourth-order valence-electron chi connectivity index (χ4n) is 8.15. The number of fused-ring (bicyclic) bond motifs is 1. The number of imidazole rings is 1. The van der Waals surface area contributed by atoms with Crippen LogP contribution in [0.4, 0.5) is 5.69 Å². The Hall–Kier alpha value is -3.68. The van der Waals surface area contributed by atoms with Crippen molar-refractivity contribution < 1.29 is 9.53 Å². The van der Waals surface area contributed by atoms with Gasteiger partial charge in [0.05, 0.1) is 42.8 Å². The van der Waals surface area contributed by atoms with Crippen LogP contribution in [0.25, 0.3) is 28.2 Å². The van der Waals surface area contributed by atoms with Gasteiger partial charge in [-0.05, 0) is 93.2 Å². The molecule has 4 saturated carbocycles. The van der Waals surface area contributed by atoms with Gasteiger partial charge in [-0.25, -0.2) is 9.78 Å². The maximum absolute atomic E-state index is 13.1. The Morgan fingerprint density at radius 3 is 2.42 bits per heavy atom. The number of nitrogens with two attached hydrogens (primary N) is 1. The molecule has 196 valence electrons. The zero-order valence-electron chi connectivity index (χ0n) is 22.3. The van der Waals surface area contributed by atoms with Crippen LogP contribution in [-0.4, -0.2) is 37.2 Å². The van der Waals surface area contributed by atoms with Gasteiger partial charge in [0.25, 0.3) is 0 Å². The maximum atomic E-state index is 13.1. The highest BCUT2D eigenvalue weighted by molar-refractivity contribution is 6.03. The summed E-state index contributed by atoms with van der Waals surface area (Å²) < 4.78 is 9.32. The molecule has 4 aliphatic carbocycles. The summed E-state index contributed by atoms with van der Waals surface area (Å²) in [5.41, 5.74) is 13.3. The molecule has 0 saturated heterocycles. The van der Waals surface area contributed by atoms with Gasteiger partial charge in [-0.1, -0.05) is 0 Å². The monoisotopic (exact) mass is 510 g/mol. The molecule has 38 heavy (non-hydrogen) atoms. The summed E-state index contributed by atoms with van der Waals surface area (Å²) in [5.74, 6) is 2.29. The molecule has 4 aliphatic rings. The minimum atomic E-state index is -0.419. The summed E-state index contributed by atoms with van der Waals surface area (Å²) in [4.78, 5) is 22.3. The van der Waals surface area contributed by atoms with Gasteiger partial charge in [0.15, 0.2) is 5.65 Å². The average Bonchev–Trinajstić information content (AvgIpc) is 3.47. The van der Waals surface area contributed by atoms with E-state index < -0.39 is 5.97 Å². The number of carbonyl (C=O) groups is 1. The molecule has 4 fully saturated rings. The first-order chi connectivity index (χ1) is 18.3. The SMILES string of the molecule is COC(=O)c1c(-c2cnn(CC34CC5CC(CC(C5)C3)C4)c2C)ccn2c(-c3cc(C)c(N)cn3)cnc12. The number of aromatic nitrogens is 5. The van der Waals surface area contributed by atoms with E-state index in [9.17, 15) is 4.79 Å². The lowest BCUT2D eigenvalue weighted by Crippen LogP contribution is -2.48. The van der Waals surface area contributed by atoms with Crippen LogP contribution in [-0.2, 0) is 11.3 Å². The number of carbonyl (C=O) groups excluding carboxylic acids is 1. The zero-order chi connectivity index (χ0) is 26.2. The van der Waals surface area contributed by atoms with E-state index in [-0.39, 0.29) is 0 Å². The predicted octanol–water partition coefficient (Wildman–Crippen LogP) is 5.46. The number of pyridine rings is 2. The molecule has 0 unspecified atom stereocenters. The number of hydrogen-bond acceptors (Lipinski definition) is 6. The van der Waals surface area contributed by atoms with Crippen LogP contribution in [0, 0.1) is 37.0 Å². The first-order valence-electron chi connectivity index (χ1n) is 13.7. The number of ether oxygens (including phenoxy) is 1. The zero-order valence-corrected chi connectivity index (χ0v) is 22.3. The Balaban J connectivity index is 1.29. The lowest BCUT2D eigenvalue weighted by molar-refractivity contribution is -0.0638. The van der Waals surface area contributed by atoms with Crippen LogP contribution in [0.3, 0.4) is 0 Å². The standard InChI is InChI=1S/C30H34N6O2/c1-17-6-25(32-14-24(17)31)26-15-33-28-27(29(37)38-3)22(4-5-35(26)28)23-13-34-36(18(23)2)16-30-10-19-7-20(11-30)9-21(8-19)12-30/h4-6,13-15,19-21H,7-12,16,31H2,1-3H3. The molecule has 2 N–H and O–H groups in total. The number of hydrogen-bond donors (Lipinski definition) is 1. The van der Waals surface area contributed by atoms with E-state index in [1.54, 1.807) is 12.4 Å². The van der Waals surface area contributed by atoms with E-state index in [0.29, 0.717) is 22.3 Å². The van der Waals surface area contributed by atoms with Gasteiger partial charge in [0.1, 0.15) is 5.56 Å². The summed E-state index contributed by atoms with van der Waals surface area (Å²) in [5, 5.41) is 4.86. The lowest BCUT2D eigenvalue weighted by atomic mass is 9.49. The number of rotatable bonds is 5. The molecular formula is C30H34N6O2. The highest BCUT2D eigenvalue weighted by atomic mass is 16.5. The van der Waals surface area contributed by atoms with Crippen LogP contribution in [0.2, 0.25) is 0 Å². The van der Waals surface area contributed by atoms with Crippen molar-refractivity contribution in [1.82, 2.24) is 24.1 Å². The third-order valence-corrected chi connectivity index (χ3v) is 9.53. The molecule has 8 rings (SSSR count). The van der Waals surface area contributed by atoms with Gasteiger partial charge < -0.3 is 10.5 Å². The van der Waals surface area contributed by atoms with Gasteiger partial charge in [-0.2, -0.15) is 5.10 Å². The molecule has 8 heteroatoms. The Morgan fingerprint density at radius 2 is 1.76 bits per heavy atom. The topological polar surface area (TPSA) is 100 Å². The number of aryl methyl sites for hydroxylation is 1. The first kappa shape index (κ1) is 23.4. The van der Waals surface area contributed by atoms with E-state index in [1.807, 2.05) is 35.9 Å². The van der Waals surface area contributed by atoms with Crippen molar-refractivity contribution in [2.75, 3.05) is 12.8 Å². The van der Waals surface area contributed by atoms with E-state index in [1.165, 1.54) is 45.6 Å². The summed E-state index contributed by atoms with van der Waals surface area (Å²) in [6.07, 6.45) is 15.6. The van der Waals surface area contributed by atoms with Gasteiger partial charge in [-0.3, -0.25) is 14.1 Å². The Labute approximate surface area is 222 Å². The Morgan fingerprint density at radius 1 is 1.05 bits per heavy atom. The van der Waals surface area contributed by atoms with Crippen LogP contribution in [0.5, 0.6) is 0 Å². The third-order valence-electron chi connectivity index (χ3n) is 9.53. The molecule has 0 aliphatic heterocycles. The van der Waals surface area contributed by atoms with Crippen LogP contribution >= 0.6 is 0 Å². The summed E-state index contributed by atoms with van der Waals surface area (Å²) in [7, 11) is 1.41. The molecule has 0 atom stereocenters. The van der Waals surface area contributed by atoms with Crippen LogP contribution in [0.15, 0.2) is 36.9 Å². The Bertz CT molecular complexity index is 1550. The summed E-state index contributed by atoms with van der Waals surface area (Å²) in [6, 6.07) is 3.90. The Kier molecular flexibility index (Phi) is 5.19. The second-order valence-corrected chi connectivity index (χ2v) is 12.1. The third kappa shape index (κ3) is 3.56. The van der Waals surface area contributed by atoms with Gasteiger partial charge in [-0.15, -0.1) is 0 Å². The number of nitrogen functional groups attached to an aromatic ring is 1. The summed E-state index contributed by atoms with van der Waals surface area (Å²) >= 11 is 0. The second-order valence-electron chi connectivity index (χ2n) is 12.1. The fourth-order valence-corrected chi connectivity index (χ4v) is 8.15. The number of anilines is 1. The molecule has 0 spiro atoms. The minimum absolute atomic E-state index is 0.375. The van der Waals surface area contributed by atoms with Crippen molar-refractivity contribution in [2.45, 2.75) is 58.9 Å². The van der Waals surface area contributed by atoms with E-state index in [4.69, 9.17) is 15.6 Å². The van der Waals surface area contributed by atoms with Gasteiger partial charge in [0, 0.05) is 29.6 Å². The van der Waals surface area contributed by atoms with E-state index in [0.717, 1.165) is 58.1 Å². The van der Waals surface area contributed by atoms with Crippen molar-refractivity contribution in [3.63, 3.8) is 0 Å². The van der Waals surface area contributed by atoms with Crippen molar-refractivity contribution in [2.24, 2.45) is 23.2 Å². The molecule has 0 aromatic carbocycles. The van der Waals surface area contributed by atoms with E-state index in [2.05, 4.69) is 21.6 Å². The van der Waals surface area contributed by atoms with Crippen molar-refractivity contribution >= 4 is 17.3 Å². The molecule has 8 nitrogen and oxygen atoms in total. The molecule has 4 aromatic rings. The lowest BCUT2D eigenvalue weighted by Gasteiger charge is -2.56. The normalized spacial score (nSPS) is 25.8. The molecular weight excluding hydrogens is 476 g/mol. The fraction of sp³-hybridized carbons (Fsp3) is 0.467. The van der Waals surface area contributed by atoms with Crippen LogP contribution < -0.4 is 5.73 Å². The molecule has 4 aromatic heterocycles. The number of methoxy groups -OCH3 is 1.